The zero-order valence-electron chi connectivity index (χ0n) is 18.3. The summed E-state index contributed by atoms with van der Waals surface area (Å²) in [5.41, 5.74) is 2.38. The van der Waals surface area contributed by atoms with Crippen LogP contribution in [0.25, 0.3) is 0 Å². The van der Waals surface area contributed by atoms with Gasteiger partial charge in [0, 0.05) is 17.7 Å². The van der Waals surface area contributed by atoms with Crippen molar-refractivity contribution < 1.29 is 17.9 Å². The summed E-state index contributed by atoms with van der Waals surface area (Å²) in [6.07, 6.45) is 1.18. The molecule has 2 aromatic rings. The molecule has 0 saturated carbocycles. The Morgan fingerprint density at radius 1 is 1.07 bits per heavy atom. The van der Waals surface area contributed by atoms with Crippen LogP contribution in [-0.2, 0) is 20.0 Å². The van der Waals surface area contributed by atoms with Crippen LogP contribution in [0.3, 0.4) is 0 Å². The van der Waals surface area contributed by atoms with Crippen LogP contribution in [0.2, 0.25) is 0 Å². The lowest BCUT2D eigenvalue weighted by atomic mass is 9.86. The molecule has 0 atom stereocenters. The van der Waals surface area contributed by atoms with Crippen LogP contribution in [0.5, 0.6) is 5.75 Å². The number of hydrogen-bond acceptors (Lipinski definition) is 4. The molecule has 2 rings (SSSR count). The van der Waals surface area contributed by atoms with Crippen LogP contribution in [0.15, 0.2) is 40.1 Å². The molecular formula is C23H31NO4S. The van der Waals surface area contributed by atoms with E-state index in [1.807, 2.05) is 27.7 Å². The molecule has 0 heterocycles. The summed E-state index contributed by atoms with van der Waals surface area (Å²) in [5, 5.41) is 2.84. The number of ether oxygens (including phenoxy) is 1. The number of hydrogen-bond donors (Lipinski definition) is 1. The van der Waals surface area contributed by atoms with Gasteiger partial charge in [-0.3, -0.25) is 4.79 Å². The molecule has 0 spiro atoms. The highest BCUT2D eigenvalue weighted by Gasteiger charge is 2.27. The van der Waals surface area contributed by atoms with Gasteiger partial charge in [0.1, 0.15) is 5.75 Å². The summed E-state index contributed by atoms with van der Waals surface area (Å²) in [6.45, 7) is 11.5. The number of carbonyl (C=O) groups is 1. The van der Waals surface area contributed by atoms with E-state index in [1.54, 1.807) is 51.3 Å². The Morgan fingerprint density at radius 3 is 2.14 bits per heavy atom. The molecule has 1 N–H and O–H groups in total. The average Bonchev–Trinajstić information content (AvgIpc) is 2.59. The zero-order chi connectivity index (χ0) is 22.0. The van der Waals surface area contributed by atoms with Gasteiger partial charge in [0.05, 0.1) is 16.9 Å². The Bertz CT molecular complexity index is 995. The van der Waals surface area contributed by atoms with E-state index in [0.717, 1.165) is 12.0 Å². The van der Waals surface area contributed by atoms with Crippen LogP contribution in [0.1, 0.15) is 57.2 Å². The monoisotopic (exact) mass is 417 g/mol. The van der Waals surface area contributed by atoms with Crippen LogP contribution >= 0.6 is 0 Å². The second-order valence-electron chi connectivity index (χ2n) is 8.35. The first kappa shape index (κ1) is 22.9. The zero-order valence-corrected chi connectivity index (χ0v) is 19.2. The van der Waals surface area contributed by atoms with E-state index < -0.39 is 9.84 Å². The Balaban J connectivity index is 2.55. The van der Waals surface area contributed by atoms with Gasteiger partial charge in [-0.15, -0.1) is 0 Å². The second kappa shape index (κ2) is 8.57. The molecule has 2 aromatic carbocycles. The van der Waals surface area contributed by atoms with Crippen molar-refractivity contribution in [3.63, 3.8) is 0 Å². The summed E-state index contributed by atoms with van der Waals surface area (Å²) in [4.78, 5) is 12.4. The fourth-order valence-electron chi connectivity index (χ4n) is 3.46. The lowest BCUT2D eigenvalue weighted by Gasteiger charge is -2.23. The van der Waals surface area contributed by atoms with Gasteiger partial charge in [-0.2, -0.15) is 0 Å². The number of rotatable bonds is 6. The van der Waals surface area contributed by atoms with Crippen LogP contribution in [0.4, 0.5) is 5.69 Å². The minimum atomic E-state index is -3.73. The minimum absolute atomic E-state index is 0.0770. The molecule has 0 saturated heterocycles. The van der Waals surface area contributed by atoms with Crippen molar-refractivity contribution in [3.8, 4) is 5.75 Å². The molecule has 0 aliphatic rings. The molecule has 0 fully saturated rings. The molecule has 158 valence electrons. The largest absolute Gasteiger partial charge is 0.496 e. The van der Waals surface area contributed by atoms with Crippen molar-refractivity contribution in [2.75, 3.05) is 12.4 Å². The van der Waals surface area contributed by atoms with Gasteiger partial charge < -0.3 is 10.1 Å². The molecule has 5 nitrogen and oxygen atoms in total. The Labute approximate surface area is 174 Å². The van der Waals surface area contributed by atoms with Gasteiger partial charge in [-0.1, -0.05) is 27.7 Å². The summed E-state index contributed by atoms with van der Waals surface area (Å²) in [6, 6.07) is 8.41. The van der Waals surface area contributed by atoms with Gasteiger partial charge in [0.25, 0.3) is 0 Å². The third-order valence-corrected chi connectivity index (χ3v) is 6.84. The SMILES string of the molecule is CCCC(=O)Nc1cc(C)c(S(=O)(=O)c2ccc(OC)c(C(C)(C)C)c2)c(C)c1. The van der Waals surface area contributed by atoms with Gasteiger partial charge in [0.15, 0.2) is 0 Å². The molecule has 0 unspecified atom stereocenters. The third-order valence-electron chi connectivity index (χ3n) is 4.78. The molecule has 6 heteroatoms. The number of anilines is 1. The Hall–Kier alpha value is -2.34. The maximum absolute atomic E-state index is 13.5. The van der Waals surface area contributed by atoms with E-state index in [4.69, 9.17) is 4.74 Å². The van der Waals surface area contributed by atoms with E-state index in [0.29, 0.717) is 29.0 Å². The number of nitrogens with one attached hydrogen (secondary N) is 1. The van der Waals surface area contributed by atoms with Gasteiger partial charge in [-0.25, -0.2) is 8.42 Å². The highest BCUT2D eigenvalue weighted by Crippen LogP contribution is 2.36. The van der Waals surface area contributed by atoms with Crippen molar-refractivity contribution in [3.05, 3.63) is 47.0 Å². The number of methoxy groups -OCH3 is 1. The molecule has 0 aromatic heterocycles. The van der Waals surface area contributed by atoms with E-state index in [9.17, 15) is 13.2 Å². The molecule has 1 amide bonds. The maximum atomic E-state index is 13.5. The van der Waals surface area contributed by atoms with Crippen molar-refractivity contribution in [1.29, 1.82) is 0 Å². The Kier molecular flexibility index (Phi) is 6.78. The summed E-state index contributed by atoms with van der Waals surface area (Å²) in [7, 11) is -2.15. The molecule has 0 radical (unpaired) electrons. The first-order valence-electron chi connectivity index (χ1n) is 9.76. The number of aryl methyl sites for hydroxylation is 2. The molecule has 0 aliphatic heterocycles. The molecule has 0 bridgehead atoms. The quantitative estimate of drug-likeness (QED) is 0.703. The maximum Gasteiger partial charge on any atom is 0.224 e. The highest BCUT2D eigenvalue weighted by molar-refractivity contribution is 7.91. The fraction of sp³-hybridized carbons (Fsp3) is 0.435. The normalized spacial score (nSPS) is 12.0. The second-order valence-corrected chi connectivity index (χ2v) is 10.2. The number of carbonyl (C=O) groups excluding carboxylic acids is 1. The number of sulfone groups is 1. The Morgan fingerprint density at radius 2 is 1.66 bits per heavy atom. The number of benzene rings is 2. The smallest absolute Gasteiger partial charge is 0.224 e. The minimum Gasteiger partial charge on any atom is -0.496 e. The summed E-state index contributed by atoms with van der Waals surface area (Å²) in [5.74, 6) is 0.589. The lowest BCUT2D eigenvalue weighted by molar-refractivity contribution is -0.116. The standard InChI is InChI=1S/C23H31NO4S/c1-8-9-21(25)24-17-12-15(2)22(16(3)13-17)29(26,27)18-10-11-20(28-7)19(14-18)23(4,5)6/h10-14H,8-9H2,1-7H3,(H,24,25). The topological polar surface area (TPSA) is 72.5 Å². The van der Waals surface area contributed by atoms with E-state index in [2.05, 4.69) is 5.32 Å². The van der Waals surface area contributed by atoms with Gasteiger partial charge in [-0.05, 0) is 67.1 Å². The van der Waals surface area contributed by atoms with Gasteiger partial charge >= 0.3 is 0 Å². The van der Waals surface area contributed by atoms with Crippen molar-refractivity contribution in [2.45, 2.75) is 69.6 Å². The first-order valence-corrected chi connectivity index (χ1v) is 11.2. The summed E-state index contributed by atoms with van der Waals surface area (Å²) < 4.78 is 32.4. The first-order chi connectivity index (χ1) is 13.4. The van der Waals surface area contributed by atoms with Crippen molar-refractivity contribution >= 4 is 21.4 Å². The van der Waals surface area contributed by atoms with Crippen molar-refractivity contribution in [2.24, 2.45) is 0 Å². The third kappa shape index (κ3) is 4.99. The predicted octanol–water partition coefficient (Wildman–Crippen LogP) is 5.18. The predicted molar refractivity (Wildman–Crippen MR) is 117 cm³/mol. The molecule has 0 aliphatic carbocycles. The number of amides is 1. The van der Waals surface area contributed by atoms with Crippen LogP contribution < -0.4 is 10.1 Å². The molecular weight excluding hydrogens is 386 g/mol. The van der Waals surface area contributed by atoms with E-state index >= 15 is 0 Å². The molecule has 29 heavy (non-hydrogen) atoms. The average molecular weight is 418 g/mol. The van der Waals surface area contributed by atoms with Crippen LogP contribution in [-0.4, -0.2) is 21.4 Å². The fourth-order valence-corrected chi connectivity index (χ4v) is 5.18. The highest BCUT2D eigenvalue weighted by atomic mass is 32.2. The van der Waals surface area contributed by atoms with Gasteiger partial charge in [0.2, 0.25) is 15.7 Å². The van der Waals surface area contributed by atoms with Crippen LogP contribution in [0, 0.1) is 13.8 Å². The van der Waals surface area contributed by atoms with E-state index in [-0.39, 0.29) is 21.1 Å². The van der Waals surface area contributed by atoms with E-state index in [1.165, 1.54) is 0 Å². The summed E-state index contributed by atoms with van der Waals surface area (Å²) >= 11 is 0. The van der Waals surface area contributed by atoms with Crippen molar-refractivity contribution in [1.82, 2.24) is 0 Å². The lowest BCUT2D eigenvalue weighted by Crippen LogP contribution is -2.15.